The molecule has 1 aromatic heterocycles. The van der Waals surface area contributed by atoms with Gasteiger partial charge in [0.25, 0.3) is 0 Å². The molecular formula is C22H27NO5. The second-order valence-electron chi connectivity index (χ2n) is 6.41. The summed E-state index contributed by atoms with van der Waals surface area (Å²) >= 11 is 0. The second kappa shape index (κ2) is 9.78. The van der Waals surface area contributed by atoms with E-state index >= 15 is 0 Å². The van der Waals surface area contributed by atoms with Gasteiger partial charge in [-0.05, 0) is 50.6 Å². The number of hydrogen-bond acceptors (Lipinski definition) is 5. The van der Waals surface area contributed by atoms with Crippen LogP contribution < -0.4 is 9.47 Å². The maximum atomic E-state index is 12.4. The van der Waals surface area contributed by atoms with E-state index in [0.29, 0.717) is 22.6 Å². The van der Waals surface area contributed by atoms with Gasteiger partial charge in [0.2, 0.25) is 5.78 Å². The summed E-state index contributed by atoms with van der Waals surface area (Å²) in [5.41, 5.74) is 3.20. The van der Waals surface area contributed by atoms with Crippen LogP contribution in [-0.2, 0) is 16.1 Å². The third kappa shape index (κ3) is 5.03. The molecule has 6 heteroatoms. The van der Waals surface area contributed by atoms with Crippen LogP contribution in [0.2, 0.25) is 0 Å². The lowest BCUT2D eigenvalue weighted by Crippen LogP contribution is -2.13. The van der Waals surface area contributed by atoms with Crippen LogP contribution in [0.25, 0.3) is 6.08 Å². The number of aromatic nitrogens is 1. The Morgan fingerprint density at radius 2 is 1.86 bits per heavy atom. The fourth-order valence-corrected chi connectivity index (χ4v) is 3.04. The Labute approximate surface area is 165 Å². The molecule has 1 aromatic carbocycles. The zero-order valence-electron chi connectivity index (χ0n) is 17.1. The highest BCUT2D eigenvalue weighted by Crippen LogP contribution is 2.25. The van der Waals surface area contributed by atoms with E-state index < -0.39 is 5.97 Å². The molecule has 0 unspecified atom stereocenters. The molecule has 0 aliphatic rings. The van der Waals surface area contributed by atoms with Crippen LogP contribution in [0.5, 0.6) is 11.5 Å². The van der Waals surface area contributed by atoms with E-state index in [9.17, 15) is 9.59 Å². The number of nitrogens with zero attached hydrogens (tertiary/aromatic N) is 1. The zero-order valence-corrected chi connectivity index (χ0v) is 17.1. The Morgan fingerprint density at radius 1 is 1.11 bits per heavy atom. The average molecular weight is 385 g/mol. The molecule has 0 saturated heterocycles. The number of Topliss-reactive ketones (excluding diaryl/α,β-unsaturated/α-hetero) is 1. The lowest BCUT2D eigenvalue weighted by molar-refractivity contribution is -0.136. The Morgan fingerprint density at radius 3 is 2.50 bits per heavy atom. The third-order valence-corrected chi connectivity index (χ3v) is 4.50. The molecule has 2 rings (SSSR count). The Kier molecular flexibility index (Phi) is 7.44. The zero-order chi connectivity index (χ0) is 20.7. The molecule has 28 heavy (non-hydrogen) atoms. The lowest BCUT2D eigenvalue weighted by Gasteiger charge is -2.08. The maximum absolute atomic E-state index is 12.4. The summed E-state index contributed by atoms with van der Waals surface area (Å²) < 4.78 is 17.7. The summed E-state index contributed by atoms with van der Waals surface area (Å²) in [7, 11) is 3.11. The van der Waals surface area contributed by atoms with Gasteiger partial charge in [0, 0.05) is 35.1 Å². The highest BCUT2D eigenvalue weighted by atomic mass is 16.5. The average Bonchev–Trinajstić information content (AvgIpc) is 2.98. The van der Waals surface area contributed by atoms with Crippen LogP contribution in [0.3, 0.4) is 0 Å². The van der Waals surface area contributed by atoms with Gasteiger partial charge in [0.15, 0.2) is 6.61 Å². The molecule has 0 spiro atoms. The van der Waals surface area contributed by atoms with Gasteiger partial charge in [-0.15, -0.1) is 0 Å². The molecule has 0 bridgehead atoms. The van der Waals surface area contributed by atoms with Gasteiger partial charge in [-0.1, -0.05) is 6.92 Å². The number of ketones is 1. The first kappa shape index (κ1) is 21.3. The molecule has 0 saturated carbocycles. The van der Waals surface area contributed by atoms with Gasteiger partial charge in [0.1, 0.15) is 11.5 Å². The standard InChI is InChI=1S/C22H27NO5/c1-6-11-23-15(2)12-19(16(23)3)20(24)14-28-22(25)10-7-17-13-18(26-4)8-9-21(17)27-5/h7-10,12-13H,6,11,14H2,1-5H3/b10-7+. The molecule has 6 nitrogen and oxygen atoms in total. The number of rotatable bonds is 9. The van der Waals surface area contributed by atoms with Gasteiger partial charge in [-0.25, -0.2) is 4.79 Å². The predicted molar refractivity (Wildman–Crippen MR) is 108 cm³/mol. The third-order valence-electron chi connectivity index (χ3n) is 4.50. The fourth-order valence-electron chi connectivity index (χ4n) is 3.04. The molecule has 150 valence electrons. The summed E-state index contributed by atoms with van der Waals surface area (Å²) in [6.45, 7) is 6.53. The molecular weight excluding hydrogens is 358 g/mol. The van der Waals surface area contributed by atoms with E-state index in [1.165, 1.54) is 6.08 Å². The minimum absolute atomic E-state index is 0.212. The van der Waals surface area contributed by atoms with Crippen LogP contribution in [0.15, 0.2) is 30.3 Å². The van der Waals surface area contributed by atoms with Gasteiger partial charge < -0.3 is 18.8 Å². The van der Waals surface area contributed by atoms with Crippen molar-refractivity contribution in [1.82, 2.24) is 4.57 Å². The monoisotopic (exact) mass is 385 g/mol. The number of methoxy groups -OCH3 is 2. The normalized spacial score (nSPS) is 10.9. The van der Waals surface area contributed by atoms with Crippen molar-refractivity contribution in [3.63, 3.8) is 0 Å². The van der Waals surface area contributed by atoms with Crippen molar-refractivity contribution in [3.8, 4) is 11.5 Å². The Hall–Kier alpha value is -3.02. The SMILES string of the molecule is CCCn1c(C)cc(C(=O)COC(=O)/C=C/c2cc(OC)ccc2OC)c1C. The van der Waals surface area contributed by atoms with E-state index in [-0.39, 0.29) is 12.4 Å². The van der Waals surface area contributed by atoms with Crippen LogP contribution in [0, 0.1) is 13.8 Å². The van der Waals surface area contributed by atoms with E-state index in [0.717, 1.165) is 24.4 Å². The highest BCUT2D eigenvalue weighted by molar-refractivity contribution is 6.00. The molecule has 0 amide bonds. The van der Waals surface area contributed by atoms with Crippen molar-refractivity contribution in [2.24, 2.45) is 0 Å². The Balaban J connectivity index is 2.02. The van der Waals surface area contributed by atoms with Crippen molar-refractivity contribution in [2.75, 3.05) is 20.8 Å². The molecule has 0 radical (unpaired) electrons. The van der Waals surface area contributed by atoms with Crippen molar-refractivity contribution in [3.05, 3.63) is 52.9 Å². The van der Waals surface area contributed by atoms with E-state index in [2.05, 4.69) is 11.5 Å². The number of carbonyl (C=O) groups is 2. The summed E-state index contributed by atoms with van der Waals surface area (Å²) in [5, 5.41) is 0. The van der Waals surface area contributed by atoms with Gasteiger partial charge in [0.05, 0.1) is 14.2 Å². The summed E-state index contributed by atoms with van der Waals surface area (Å²) in [6, 6.07) is 7.11. The number of hydrogen-bond donors (Lipinski definition) is 0. The lowest BCUT2D eigenvalue weighted by atomic mass is 10.1. The predicted octanol–water partition coefficient (Wildman–Crippen LogP) is 3.97. The smallest absolute Gasteiger partial charge is 0.331 e. The van der Waals surface area contributed by atoms with Crippen molar-refractivity contribution < 1.29 is 23.8 Å². The molecule has 0 atom stereocenters. The molecule has 0 N–H and O–H groups in total. The van der Waals surface area contributed by atoms with E-state index in [4.69, 9.17) is 14.2 Å². The minimum Gasteiger partial charge on any atom is -0.497 e. The first-order chi connectivity index (χ1) is 13.4. The topological polar surface area (TPSA) is 66.8 Å². The highest BCUT2D eigenvalue weighted by Gasteiger charge is 2.16. The number of benzene rings is 1. The van der Waals surface area contributed by atoms with Crippen molar-refractivity contribution in [2.45, 2.75) is 33.7 Å². The second-order valence-corrected chi connectivity index (χ2v) is 6.41. The van der Waals surface area contributed by atoms with E-state index in [1.807, 2.05) is 19.9 Å². The summed E-state index contributed by atoms with van der Waals surface area (Å²) in [6.07, 6.45) is 3.82. The van der Waals surface area contributed by atoms with E-state index in [1.54, 1.807) is 38.5 Å². The van der Waals surface area contributed by atoms with Gasteiger partial charge in [-0.2, -0.15) is 0 Å². The Bertz CT molecular complexity index is 879. The molecule has 0 fully saturated rings. The summed E-state index contributed by atoms with van der Waals surface area (Å²) in [4.78, 5) is 24.5. The van der Waals surface area contributed by atoms with Crippen molar-refractivity contribution >= 4 is 17.8 Å². The molecule has 1 heterocycles. The minimum atomic E-state index is -0.597. The number of aryl methyl sites for hydroxylation is 1. The first-order valence-corrected chi connectivity index (χ1v) is 9.18. The van der Waals surface area contributed by atoms with Crippen molar-refractivity contribution in [1.29, 1.82) is 0 Å². The van der Waals surface area contributed by atoms with Crippen LogP contribution in [-0.4, -0.2) is 37.1 Å². The summed E-state index contributed by atoms with van der Waals surface area (Å²) in [5.74, 6) is 0.437. The van der Waals surface area contributed by atoms with Gasteiger partial charge in [-0.3, -0.25) is 4.79 Å². The van der Waals surface area contributed by atoms with Gasteiger partial charge >= 0.3 is 5.97 Å². The molecule has 0 aliphatic carbocycles. The quantitative estimate of drug-likeness (QED) is 0.371. The molecule has 0 aliphatic heterocycles. The largest absolute Gasteiger partial charge is 0.497 e. The fraction of sp³-hybridized carbons (Fsp3) is 0.364. The number of carbonyl (C=O) groups excluding carboxylic acids is 2. The van der Waals surface area contributed by atoms with Crippen LogP contribution in [0.4, 0.5) is 0 Å². The molecule has 2 aromatic rings. The number of ether oxygens (including phenoxy) is 3. The number of esters is 1. The van der Waals surface area contributed by atoms with Crippen LogP contribution in [0.1, 0.15) is 40.7 Å². The van der Waals surface area contributed by atoms with Crippen LogP contribution >= 0.6 is 0 Å². The first-order valence-electron chi connectivity index (χ1n) is 9.18. The maximum Gasteiger partial charge on any atom is 0.331 e.